The van der Waals surface area contributed by atoms with Crippen molar-refractivity contribution in [3.05, 3.63) is 10.4 Å². The number of aromatic nitrogens is 2. The molecule has 3 aliphatic heterocycles. The maximum atomic E-state index is 13.4. The zero-order valence-electron chi connectivity index (χ0n) is 19.5. The van der Waals surface area contributed by atoms with Crippen LogP contribution in [0.4, 0.5) is 17.5 Å². The summed E-state index contributed by atoms with van der Waals surface area (Å²) in [7, 11) is 1.71. The maximum Gasteiger partial charge on any atom is 0.308 e. The summed E-state index contributed by atoms with van der Waals surface area (Å²) in [6.45, 7) is 10.8. The van der Waals surface area contributed by atoms with Gasteiger partial charge in [-0.05, 0) is 19.8 Å². The number of rotatable bonds is 4. The van der Waals surface area contributed by atoms with Gasteiger partial charge in [-0.2, -0.15) is 4.98 Å². The van der Waals surface area contributed by atoms with Crippen LogP contribution in [0.2, 0.25) is 0 Å². The average molecular weight is 446 g/mol. The van der Waals surface area contributed by atoms with E-state index >= 15 is 0 Å². The predicted molar refractivity (Wildman–Crippen MR) is 126 cm³/mol. The molecular weight excluding hydrogens is 410 g/mol. The molecule has 1 aromatic heterocycles. The molecular formula is C22H35N7O3. The second-order valence-corrected chi connectivity index (χ2v) is 7.96. The standard InChI is InChI=1S/C20H29N7O3.C2H6/c1-3-4-10-27-15-16(23-20(27)25-11-7-21-8-12-25)22-19(24(2)17(15)28)26-9-5-6-14(13-26)18(29)30;1-2/h14,20-21,23H,5-13H2,1-2H3,(H,29,30);1-2H3. The highest BCUT2D eigenvalue weighted by Crippen LogP contribution is 2.33. The van der Waals surface area contributed by atoms with E-state index in [1.54, 1.807) is 14.0 Å². The molecule has 176 valence electrons. The molecule has 1 aromatic rings. The number of fused-ring (bicyclic) bond motifs is 1. The van der Waals surface area contributed by atoms with Gasteiger partial charge in [-0.15, -0.1) is 5.92 Å². The van der Waals surface area contributed by atoms with E-state index in [1.165, 1.54) is 4.57 Å². The lowest BCUT2D eigenvalue weighted by Crippen LogP contribution is -2.56. The number of carboxylic acid groups (broad SMARTS) is 1. The molecule has 0 spiro atoms. The molecule has 4 heterocycles. The number of hydrogen-bond acceptors (Lipinski definition) is 8. The first-order valence-corrected chi connectivity index (χ1v) is 11.5. The predicted octanol–water partition coefficient (Wildman–Crippen LogP) is 0.552. The van der Waals surface area contributed by atoms with E-state index in [0.717, 1.165) is 32.6 Å². The van der Waals surface area contributed by atoms with Crippen molar-refractivity contribution in [1.29, 1.82) is 0 Å². The molecule has 2 atom stereocenters. The smallest absolute Gasteiger partial charge is 0.308 e. The lowest BCUT2D eigenvalue weighted by atomic mass is 9.99. The fourth-order valence-electron chi connectivity index (χ4n) is 4.45. The summed E-state index contributed by atoms with van der Waals surface area (Å²) in [4.78, 5) is 35.8. The zero-order chi connectivity index (χ0) is 23.3. The summed E-state index contributed by atoms with van der Waals surface area (Å²) in [6.07, 6.45) is 1.24. The fourth-order valence-corrected chi connectivity index (χ4v) is 4.45. The van der Waals surface area contributed by atoms with Crippen molar-refractivity contribution in [2.45, 2.75) is 39.9 Å². The Balaban J connectivity index is 0.00000141. The normalized spacial score (nSPS) is 22.8. The summed E-state index contributed by atoms with van der Waals surface area (Å²) in [5.41, 5.74) is 0.384. The molecule has 32 heavy (non-hydrogen) atoms. The second-order valence-electron chi connectivity index (χ2n) is 7.96. The van der Waals surface area contributed by atoms with Crippen LogP contribution >= 0.6 is 0 Å². The van der Waals surface area contributed by atoms with Crippen LogP contribution in [0.25, 0.3) is 0 Å². The van der Waals surface area contributed by atoms with Crippen molar-refractivity contribution in [2.75, 3.05) is 60.9 Å². The van der Waals surface area contributed by atoms with E-state index < -0.39 is 11.9 Å². The SMILES string of the molecule is CC.CC#CCN1c2c(nc(N3CCCC(C(=O)O)C3)n(C)c2=O)NC1N1CCNCC1. The third kappa shape index (κ3) is 4.69. The molecule has 2 unspecified atom stereocenters. The fraction of sp³-hybridized carbons (Fsp3) is 0.682. The number of piperidine rings is 1. The summed E-state index contributed by atoms with van der Waals surface area (Å²) in [5.74, 6) is 5.82. The number of piperazine rings is 1. The lowest BCUT2D eigenvalue weighted by Gasteiger charge is -2.37. The Labute approximate surface area is 189 Å². The number of carbonyl (C=O) groups is 1. The minimum absolute atomic E-state index is 0.143. The molecule has 3 N–H and O–H groups in total. The Morgan fingerprint density at radius 3 is 2.62 bits per heavy atom. The highest BCUT2D eigenvalue weighted by molar-refractivity contribution is 5.74. The Morgan fingerprint density at radius 2 is 1.97 bits per heavy atom. The van der Waals surface area contributed by atoms with Crippen molar-refractivity contribution in [3.63, 3.8) is 0 Å². The molecule has 0 bridgehead atoms. The summed E-state index contributed by atoms with van der Waals surface area (Å²) >= 11 is 0. The molecule has 0 aromatic carbocycles. The van der Waals surface area contributed by atoms with Gasteiger partial charge in [-0.1, -0.05) is 19.8 Å². The Hall–Kier alpha value is -2.77. The first-order valence-electron chi connectivity index (χ1n) is 11.5. The first kappa shape index (κ1) is 23.9. The molecule has 2 saturated heterocycles. The Morgan fingerprint density at radius 1 is 1.25 bits per heavy atom. The lowest BCUT2D eigenvalue weighted by molar-refractivity contribution is -0.141. The summed E-state index contributed by atoms with van der Waals surface area (Å²) in [5, 5.41) is 16.2. The first-order chi connectivity index (χ1) is 15.5. The highest BCUT2D eigenvalue weighted by Gasteiger charge is 2.38. The van der Waals surface area contributed by atoms with Crippen molar-refractivity contribution in [3.8, 4) is 11.8 Å². The van der Waals surface area contributed by atoms with Crippen LogP contribution in [-0.2, 0) is 11.8 Å². The monoisotopic (exact) mass is 445 g/mol. The van der Waals surface area contributed by atoms with E-state index in [2.05, 4.69) is 27.4 Å². The quantitative estimate of drug-likeness (QED) is 0.573. The van der Waals surface area contributed by atoms with Gasteiger partial charge in [0.05, 0.1) is 12.5 Å². The molecule has 4 rings (SSSR count). The zero-order valence-corrected chi connectivity index (χ0v) is 19.5. The van der Waals surface area contributed by atoms with Crippen LogP contribution in [0.15, 0.2) is 4.79 Å². The third-order valence-corrected chi connectivity index (χ3v) is 6.07. The number of aliphatic carboxylic acids is 1. The number of nitrogens with one attached hydrogen (secondary N) is 2. The minimum atomic E-state index is -0.799. The van der Waals surface area contributed by atoms with Gasteiger partial charge < -0.3 is 25.5 Å². The van der Waals surface area contributed by atoms with E-state index in [9.17, 15) is 14.7 Å². The van der Waals surface area contributed by atoms with Crippen LogP contribution in [-0.4, -0.2) is 77.6 Å². The van der Waals surface area contributed by atoms with Crippen LogP contribution in [0, 0.1) is 17.8 Å². The van der Waals surface area contributed by atoms with Gasteiger partial charge in [0.15, 0.2) is 12.1 Å². The molecule has 10 heteroatoms. The largest absolute Gasteiger partial charge is 0.481 e. The van der Waals surface area contributed by atoms with Gasteiger partial charge in [0, 0.05) is 46.3 Å². The van der Waals surface area contributed by atoms with Gasteiger partial charge in [-0.25, -0.2) is 0 Å². The van der Waals surface area contributed by atoms with Gasteiger partial charge in [0.2, 0.25) is 5.95 Å². The van der Waals surface area contributed by atoms with Gasteiger partial charge in [-0.3, -0.25) is 19.1 Å². The number of nitrogens with zero attached hydrogens (tertiary/aromatic N) is 5. The van der Waals surface area contributed by atoms with Gasteiger partial charge in [0.1, 0.15) is 5.69 Å². The van der Waals surface area contributed by atoms with Gasteiger partial charge in [0.25, 0.3) is 5.56 Å². The van der Waals surface area contributed by atoms with Crippen molar-refractivity contribution in [2.24, 2.45) is 13.0 Å². The van der Waals surface area contributed by atoms with Crippen LogP contribution in [0.1, 0.15) is 33.6 Å². The van der Waals surface area contributed by atoms with Crippen molar-refractivity contribution >= 4 is 23.4 Å². The Bertz CT molecular complexity index is 930. The van der Waals surface area contributed by atoms with Crippen molar-refractivity contribution in [1.82, 2.24) is 19.8 Å². The number of carboxylic acids is 1. The minimum Gasteiger partial charge on any atom is -0.481 e. The summed E-state index contributed by atoms with van der Waals surface area (Å²) < 4.78 is 1.54. The van der Waals surface area contributed by atoms with E-state index in [-0.39, 0.29) is 11.8 Å². The maximum absolute atomic E-state index is 13.4. The van der Waals surface area contributed by atoms with E-state index in [0.29, 0.717) is 43.5 Å². The van der Waals surface area contributed by atoms with E-state index in [4.69, 9.17) is 4.98 Å². The molecule has 10 nitrogen and oxygen atoms in total. The number of hydrogen-bond donors (Lipinski definition) is 3. The molecule has 0 aliphatic carbocycles. The summed E-state index contributed by atoms with van der Waals surface area (Å²) in [6, 6.07) is 0. The molecule has 0 saturated carbocycles. The van der Waals surface area contributed by atoms with Crippen molar-refractivity contribution < 1.29 is 9.90 Å². The van der Waals surface area contributed by atoms with Gasteiger partial charge >= 0.3 is 5.97 Å². The third-order valence-electron chi connectivity index (χ3n) is 6.07. The van der Waals surface area contributed by atoms with Crippen LogP contribution < -0.4 is 26.0 Å². The average Bonchev–Trinajstić information content (AvgIpc) is 3.20. The topological polar surface area (TPSA) is 106 Å². The molecule has 0 radical (unpaired) electrons. The highest BCUT2D eigenvalue weighted by atomic mass is 16.4. The Kier molecular flexibility index (Phi) is 7.99. The number of anilines is 3. The van der Waals surface area contributed by atoms with Crippen LogP contribution in [0.3, 0.4) is 0 Å². The van der Waals surface area contributed by atoms with E-state index in [1.807, 2.05) is 23.6 Å². The second kappa shape index (κ2) is 10.7. The molecule has 3 aliphatic rings. The van der Waals surface area contributed by atoms with Crippen LogP contribution in [0.5, 0.6) is 0 Å². The molecule has 2 fully saturated rings. The molecule has 0 amide bonds.